The second-order valence-electron chi connectivity index (χ2n) is 5.01. The van der Waals surface area contributed by atoms with E-state index in [0.717, 1.165) is 5.56 Å². The van der Waals surface area contributed by atoms with Crippen LogP contribution >= 0.6 is 0 Å². The Balaban J connectivity index is 2.11. The lowest BCUT2D eigenvalue weighted by Gasteiger charge is -2.05. The van der Waals surface area contributed by atoms with Crippen LogP contribution in [0.3, 0.4) is 0 Å². The molecule has 3 rings (SSSR count). The summed E-state index contributed by atoms with van der Waals surface area (Å²) < 4.78 is 10.9. The summed E-state index contributed by atoms with van der Waals surface area (Å²) in [5.74, 6) is 0.745. The number of amides is 1. The second kappa shape index (κ2) is 6.97. The number of benzene rings is 2. The molecule has 2 aromatic carbocycles. The lowest BCUT2D eigenvalue weighted by Crippen LogP contribution is -2.05. The first-order valence-corrected chi connectivity index (χ1v) is 7.36. The van der Waals surface area contributed by atoms with Gasteiger partial charge in [0.15, 0.2) is 6.79 Å². The molecular weight excluding hydrogens is 308 g/mol. The number of nitrogens with zero attached hydrogens (tertiary/aromatic N) is 1. The fraction of sp³-hybridized carbons (Fsp3) is 0.111. The molecule has 24 heavy (non-hydrogen) atoms. The van der Waals surface area contributed by atoms with Crippen molar-refractivity contribution in [2.75, 3.05) is 12.1 Å². The van der Waals surface area contributed by atoms with Gasteiger partial charge in [-0.15, -0.1) is 0 Å². The summed E-state index contributed by atoms with van der Waals surface area (Å²) >= 11 is 0. The molecule has 3 aromatic rings. The van der Waals surface area contributed by atoms with Gasteiger partial charge in [0.1, 0.15) is 11.4 Å². The number of aromatic nitrogens is 1. The highest BCUT2D eigenvalue weighted by atomic mass is 16.6. The van der Waals surface area contributed by atoms with Gasteiger partial charge in [-0.1, -0.05) is 42.5 Å². The fourth-order valence-corrected chi connectivity index (χ4v) is 2.31. The number of rotatable bonds is 5. The maximum atomic E-state index is 11.5. The topological polar surface area (TPSA) is 84.6 Å². The number of oxazole rings is 1. The molecule has 0 saturated carbocycles. The van der Waals surface area contributed by atoms with Gasteiger partial charge in [0.05, 0.1) is 5.56 Å². The Kier molecular flexibility index (Phi) is 4.58. The Hall–Kier alpha value is -3.12. The highest BCUT2D eigenvalue weighted by molar-refractivity contribution is 5.91. The molecule has 0 fully saturated rings. The number of ether oxygens (including phenoxy) is 1. The standard InChI is InChI=1S/C18H16N2O4/c1-12(22)19-18-16(13-7-3-2-4-8-13)20-17(24-18)14-9-5-6-10-15(14)23-11-21/h2-10,21H,11H2,1H3,(H,19,22). The average molecular weight is 324 g/mol. The van der Waals surface area contributed by atoms with Crippen LogP contribution in [0.2, 0.25) is 0 Å². The minimum absolute atomic E-state index is 0.255. The number of hydrogen-bond acceptors (Lipinski definition) is 5. The molecule has 0 aliphatic heterocycles. The molecule has 0 atom stereocenters. The number of carbonyl (C=O) groups is 1. The number of hydrogen-bond donors (Lipinski definition) is 2. The van der Waals surface area contributed by atoms with Crippen LogP contribution in [0.5, 0.6) is 5.75 Å². The summed E-state index contributed by atoms with van der Waals surface area (Å²) in [7, 11) is 0. The summed E-state index contributed by atoms with van der Waals surface area (Å²) in [5.41, 5.74) is 1.93. The third-order valence-electron chi connectivity index (χ3n) is 3.30. The lowest BCUT2D eigenvalue weighted by molar-refractivity contribution is -0.114. The van der Waals surface area contributed by atoms with Crippen molar-refractivity contribution in [3.8, 4) is 28.5 Å². The van der Waals surface area contributed by atoms with Crippen LogP contribution < -0.4 is 10.1 Å². The molecule has 122 valence electrons. The number of aliphatic hydroxyl groups excluding tert-OH is 1. The van der Waals surface area contributed by atoms with Gasteiger partial charge in [-0.05, 0) is 12.1 Å². The number of nitrogens with one attached hydrogen (secondary N) is 1. The van der Waals surface area contributed by atoms with Crippen molar-refractivity contribution < 1.29 is 19.1 Å². The minimum atomic E-state index is -0.457. The van der Waals surface area contributed by atoms with Crippen LogP contribution in [-0.2, 0) is 4.79 Å². The number of carbonyl (C=O) groups excluding carboxylic acids is 1. The Morgan fingerprint density at radius 1 is 1.17 bits per heavy atom. The molecular formula is C18H16N2O4. The van der Waals surface area contributed by atoms with E-state index in [4.69, 9.17) is 14.3 Å². The predicted octanol–water partition coefficient (Wildman–Crippen LogP) is 3.30. The number of aliphatic hydroxyl groups is 1. The molecule has 2 N–H and O–H groups in total. The van der Waals surface area contributed by atoms with E-state index in [9.17, 15) is 4.79 Å². The monoisotopic (exact) mass is 324 g/mol. The third kappa shape index (κ3) is 3.28. The molecule has 0 aliphatic rings. The SMILES string of the molecule is CC(=O)Nc1oc(-c2ccccc2OCO)nc1-c1ccccc1. The van der Waals surface area contributed by atoms with Crippen LogP contribution in [0.4, 0.5) is 5.88 Å². The van der Waals surface area contributed by atoms with Crippen molar-refractivity contribution in [3.63, 3.8) is 0 Å². The van der Waals surface area contributed by atoms with E-state index in [1.54, 1.807) is 18.2 Å². The highest BCUT2D eigenvalue weighted by Crippen LogP contribution is 2.36. The van der Waals surface area contributed by atoms with Crippen molar-refractivity contribution >= 4 is 11.8 Å². The van der Waals surface area contributed by atoms with Crippen molar-refractivity contribution in [1.29, 1.82) is 0 Å². The zero-order chi connectivity index (χ0) is 16.9. The van der Waals surface area contributed by atoms with Crippen molar-refractivity contribution in [3.05, 3.63) is 54.6 Å². The molecule has 6 heteroatoms. The van der Waals surface area contributed by atoms with Crippen molar-refractivity contribution in [2.45, 2.75) is 6.92 Å². The van der Waals surface area contributed by atoms with Gasteiger partial charge in [-0.25, -0.2) is 4.98 Å². The van der Waals surface area contributed by atoms with Crippen molar-refractivity contribution in [2.24, 2.45) is 0 Å². The van der Waals surface area contributed by atoms with Gasteiger partial charge in [-0.3, -0.25) is 10.1 Å². The quantitative estimate of drug-likeness (QED) is 0.704. The van der Waals surface area contributed by atoms with Gasteiger partial charge in [-0.2, -0.15) is 0 Å². The molecule has 1 heterocycles. The molecule has 6 nitrogen and oxygen atoms in total. The summed E-state index contributed by atoms with van der Waals surface area (Å²) in [6, 6.07) is 16.5. The van der Waals surface area contributed by atoms with Crippen LogP contribution in [-0.4, -0.2) is 22.8 Å². The maximum Gasteiger partial charge on any atom is 0.233 e. The van der Waals surface area contributed by atoms with E-state index < -0.39 is 6.79 Å². The van der Waals surface area contributed by atoms with Crippen LogP contribution in [0.15, 0.2) is 59.0 Å². The third-order valence-corrected chi connectivity index (χ3v) is 3.30. The minimum Gasteiger partial charge on any atom is -0.467 e. The molecule has 0 aliphatic carbocycles. The molecule has 0 radical (unpaired) electrons. The normalized spacial score (nSPS) is 10.4. The van der Waals surface area contributed by atoms with Gasteiger partial charge in [0, 0.05) is 12.5 Å². The molecule has 0 saturated heterocycles. The van der Waals surface area contributed by atoms with Gasteiger partial charge in [0.25, 0.3) is 0 Å². The van der Waals surface area contributed by atoms with E-state index in [-0.39, 0.29) is 11.8 Å². The lowest BCUT2D eigenvalue weighted by atomic mass is 10.1. The Labute approximate surface area is 138 Å². The Morgan fingerprint density at radius 2 is 1.88 bits per heavy atom. The summed E-state index contributed by atoms with van der Waals surface area (Å²) in [4.78, 5) is 16.0. The average Bonchev–Trinajstić information content (AvgIpc) is 2.99. The summed E-state index contributed by atoms with van der Waals surface area (Å²) in [6.45, 7) is 0.946. The fourth-order valence-electron chi connectivity index (χ4n) is 2.31. The number of anilines is 1. The van der Waals surface area contributed by atoms with E-state index in [2.05, 4.69) is 10.3 Å². The van der Waals surface area contributed by atoms with Gasteiger partial charge in [0.2, 0.25) is 17.7 Å². The summed E-state index contributed by atoms with van der Waals surface area (Å²) in [6.07, 6.45) is 0. The predicted molar refractivity (Wildman–Crippen MR) is 89.4 cm³/mol. The second-order valence-corrected chi connectivity index (χ2v) is 5.01. The first-order chi connectivity index (χ1) is 11.7. The van der Waals surface area contributed by atoms with E-state index in [0.29, 0.717) is 22.9 Å². The molecule has 0 unspecified atom stereocenters. The van der Waals surface area contributed by atoms with E-state index in [1.165, 1.54) is 6.92 Å². The molecule has 1 aromatic heterocycles. The smallest absolute Gasteiger partial charge is 0.233 e. The van der Waals surface area contributed by atoms with E-state index >= 15 is 0 Å². The van der Waals surface area contributed by atoms with Crippen LogP contribution in [0.25, 0.3) is 22.7 Å². The zero-order valence-electron chi connectivity index (χ0n) is 13.0. The van der Waals surface area contributed by atoms with E-state index in [1.807, 2.05) is 36.4 Å². The summed E-state index contributed by atoms with van der Waals surface area (Å²) in [5, 5.41) is 11.7. The molecule has 0 bridgehead atoms. The Morgan fingerprint density at radius 3 is 2.58 bits per heavy atom. The van der Waals surface area contributed by atoms with Gasteiger partial charge >= 0.3 is 0 Å². The Bertz CT molecular complexity index is 843. The van der Waals surface area contributed by atoms with Crippen LogP contribution in [0, 0.1) is 0 Å². The molecule has 1 amide bonds. The first-order valence-electron chi connectivity index (χ1n) is 7.36. The number of para-hydroxylation sites is 1. The maximum absolute atomic E-state index is 11.5. The van der Waals surface area contributed by atoms with Crippen LogP contribution in [0.1, 0.15) is 6.92 Å². The van der Waals surface area contributed by atoms with Gasteiger partial charge < -0.3 is 14.3 Å². The zero-order valence-corrected chi connectivity index (χ0v) is 13.0. The highest BCUT2D eigenvalue weighted by Gasteiger charge is 2.19. The van der Waals surface area contributed by atoms with Crippen molar-refractivity contribution in [1.82, 2.24) is 4.98 Å². The molecule has 0 spiro atoms. The first kappa shape index (κ1) is 15.8. The largest absolute Gasteiger partial charge is 0.467 e.